The van der Waals surface area contributed by atoms with Crippen LogP contribution < -0.4 is 15.8 Å². The third-order valence-electron chi connectivity index (χ3n) is 2.81. The van der Waals surface area contributed by atoms with E-state index < -0.39 is 22.0 Å². The van der Waals surface area contributed by atoms with Gasteiger partial charge in [-0.3, -0.25) is 4.79 Å². The van der Waals surface area contributed by atoms with E-state index in [1.54, 1.807) is 19.9 Å². The fraction of sp³-hybridized carbons (Fsp3) is 0.417. The number of hydrogen-bond donors (Lipinski definition) is 3. The van der Waals surface area contributed by atoms with Crippen molar-refractivity contribution in [3.8, 4) is 0 Å². The molecule has 1 amide bonds. The van der Waals surface area contributed by atoms with Crippen molar-refractivity contribution in [1.82, 2.24) is 10.0 Å². The molecule has 0 aliphatic carbocycles. The zero-order valence-corrected chi connectivity index (χ0v) is 12.3. The number of likely N-dealkylation sites (N-methyl/N-ethyl adjacent to an activating group) is 1. The predicted molar refractivity (Wildman–Crippen MR) is 74.2 cm³/mol. The largest absolute Gasteiger partial charge is 0.398 e. The van der Waals surface area contributed by atoms with Gasteiger partial charge >= 0.3 is 0 Å². The molecule has 4 N–H and O–H groups in total. The van der Waals surface area contributed by atoms with Crippen LogP contribution in [0.4, 0.5) is 5.69 Å². The molecule has 0 bridgehead atoms. The first kappa shape index (κ1) is 15.5. The Hall–Kier alpha value is -1.60. The van der Waals surface area contributed by atoms with Crippen molar-refractivity contribution >= 4 is 21.6 Å². The standard InChI is InChI=1S/C12H19N3O3S/c1-7-5-10(13)8(2)11(6-7)19(17,18)15-9(3)12(16)14-4/h5-6,9,15H,13H2,1-4H3,(H,14,16). The summed E-state index contributed by atoms with van der Waals surface area (Å²) in [5.74, 6) is -0.401. The van der Waals surface area contributed by atoms with Crippen LogP contribution in [0.5, 0.6) is 0 Å². The normalized spacial score (nSPS) is 13.1. The van der Waals surface area contributed by atoms with Gasteiger partial charge in [-0.05, 0) is 44.0 Å². The molecule has 1 unspecified atom stereocenters. The molecule has 0 fully saturated rings. The molecule has 0 saturated carbocycles. The Balaban J connectivity index is 3.18. The average molecular weight is 285 g/mol. The molecule has 0 aliphatic rings. The second-order valence-electron chi connectivity index (χ2n) is 4.43. The lowest BCUT2D eigenvalue weighted by Crippen LogP contribution is -2.43. The molecule has 7 heteroatoms. The van der Waals surface area contributed by atoms with E-state index in [0.717, 1.165) is 5.56 Å². The molecule has 1 atom stereocenters. The van der Waals surface area contributed by atoms with Gasteiger partial charge in [0.15, 0.2) is 0 Å². The number of nitrogens with two attached hydrogens (primary N) is 1. The first-order valence-electron chi connectivity index (χ1n) is 5.79. The van der Waals surface area contributed by atoms with E-state index in [1.165, 1.54) is 20.0 Å². The molecule has 0 aromatic heterocycles. The van der Waals surface area contributed by atoms with E-state index in [0.29, 0.717) is 11.3 Å². The molecule has 1 aromatic carbocycles. The summed E-state index contributed by atoms with van der Waals surface area (Å²) in [5, 5.41) is 2.39. The summed E-state index contributed by atoms with van der Waals surface area (Å²) in [5.41, 5.74) is 7.39. The van der Waals surface area contributed by atoms with Crippen LogP contribution in [0.25, 0.3) is 0 Å². The van der Waals surface area contributed by atoms with Crippen molar-refractivity contribution < 1.29 is 13.2 Å². The Bertz CT molecular complexity index is 596. The molecular formula is C12H19N3O3S. The van der Waals surface area contributed by atoms with Crippen LogP contribution in [-0.4, -0.2) is 27.4 Å². The minimum atomic E-state index is -3.78. The fourth-order valence-corrected chi connectivity index (χ4v) is 3.26. The number of sulfonamides is 1. The third kappa shape index (κ3) is 3.45. The number of nitrogen functional groups attached to an aromatic ring is 1. The van der Waals surface area contributed by atoms with Crippen LogP contribution in [0.3, 0.4) is 0 Å². The molecule has 0 saturated heterocycles. The summed E-state index contributed by atoms with van der Waals surface area (Å²) in [6.45, 7) is 4.87. The topological polar surface area (TPSA) is 101 Å². The maximum Gasteiger partial charge on any atom is 0.241 e. The van der Waals surface area contributed by atoms with Gasteiger partial charge < -0.3 is 11.1 Å². The van der Waals surface area contributed by atoms with Crippen molar-refractivity contribution in [1.29, 1.82) is 0 Å². The monoisotopic (exact) mass is 285 g/mol. The van der Waals surface area contributed by atoms with E-state index in [4.69, 9.17) is 5.73 Å². The Morgan fingerprint density at radius 2 is 1.89 bits per heavy atom. The van der Waals surface area contributed by atoms with Crippen LogP contribution in [0.1, 0.15) is 18.1 Å². The number of hydrogen-bond acceptors (Lipinski definition) is 4. The predicted octanol–water partition coefficient (Wildman–Crippen LogP) is 0.298. The van der Waals surface area contributed by atoms with Crippen molar-refractivity contribution in [2.45, 2.75) is 31.7 Å². The first-order chi connectivity index (χ1) is 8.69. The summed E-state index contributed by atoms with van der Waals surface area (Å²) in [4.78, 5) is 11.5. The van der Waals surface area contributed by atoms with Crippen LogP contribution >= 0.6 is 0 Å². The Morgan fingerprint density at radius 1 is 1.32 bits per heavy atom. The summed E-state index contributed by atoms with van der Waals surface area (Å²) >= 11 is 0. The molecule has 1 aromatic rings. The molecule has 0 heterocycles. The van der Waals surface area contributed by atoms with E-state index in [9.17, 15) is 13.2 Å². The molecule has 0 spiro atoms. The first-order valence-corrected chi connectivity index (χ1v) is 7.28. The van der Waals surface area contributed by atoms with Gasteiger partial charge in [0.1, 0.15) is 0 Å². The average Bonchev–Trinajstić information content (AvgIpc) is 2.31. The van der Waals surface area contributed by atoms with E-state index in [-0.39, 0.29) is 4.90 Å². The molecule has 0 aliphatic heterocycles. The summed E-state index contributed by atoms with van der Waals surface area (Å²) in [6.07, 6.45) is 0. The van der Waals surface area contributed by atoms with Gasteiger partial charge in [-0.15, -0.1) is 0 Å². The minimum absolute atomic E-state index is 0.0979. The molecule has 19 heavy (non-hydrogen) atoms. The van der Waals surface area contributed by atoms with Crippen molar-refractivity contribution in [3.05, 3.63) is 23.3 Å². The van der Waals surface area contributed by atoms with E-state index >= 15 is 0 Å². The van der Waals surface area contributed by atoms with E-state index in [1.807, 2.05) is 0 Å². The Morgan fingerprint density at radius 3 is 2.42 bits per heavy atom. The molecule has 1 rings (SSSR count). The SMILES string of the molecule is CNC(=O)C(C)NS(=O)(=O)c1cc(C)cc(N)c1C. The maximum atomic E-state index is 12.2. The fourth-order valence-electron chi connectivity index (χ4n) is 1.70. The number of aryl methyl sites for hydroxylation is 1. The Labute approximate surface area is 113 Å². The highest BCUT2D eigenvalue weighted by Gasteiger charge is 2.23. The number of rotatable bonds is 4. The molecular weight excluding hydrogens is 266 g/mol. The van der Waals surface area contributed by atoms with Crippen LogP contribution in [0.15, 0.2) is 17.0 Å². The smallest absolute Gasteiger partial charge is 0.241 e. The lowest BCUT2D eigenvalue weighted by Gasteiger charge is -2.15. The second-order valence-corrected chi connectivity index (χ2v) is 6.12. The number of nitrogens with one attached hydrogen (secondary N) is 2. The lowest BCUT2D eigenvalue weighted by molar-refractivity contribution is -0.121. The van der Waals surface area contributed by atoms with Crippen molar-refractivity contribution in [2.24, 2.45) is 0 Å². The summed E-state index contributed by atoms with van der Waals surface area (Å²) < 4.78 is 26.8. The van der Waals surface area contributed by atoms with Crippen molar-refractivity contribution in [3.63, 3.8) is 0 Å². The van der Waals surface area contributed by atoms with Crippen LogP contribution in [0.2, 0.25) is 0 Å². The van der Waals surface area contributed by atoms with E-state index in [2.05, 4.69) is 10.0 Å². The minimum Gasteiger partial charge on any atom is -0.398 e. The summed E-state index contributed by atoms with van der Waals surface area (Å²) in [6, 6.07) is 2.39. The highest BCUT2D eigenvalue weighted by atomic mass is 32.2. The second kappa shape index (κ2) is 5.58. The lowest BCUT2D eigenvalue weighted by atomic mass is 10.1. The van der Waals surface area contributed by atoms with Gasteiger partial charge in [0, 0.05) is 12.7 Å². The van der Waals surface area contributed by atoms with Gasteiger partial charge in [-0.25, -0.2) is 8.42 Å². The van der Waals surface area contributed by atoms with Crippen molar-refractivity contribution in [2.75, 3.05) is 12.8 Å². The number of amides is 1. The molecule has 106 valence electrons. The highest BCUT2D eigenvalue weighted by Crippen LogP contribution is 2.23. The van der Waals surface area contributed by atoms with Crippen LogP contribution in [-0.2, 0) is 14.8 Å². The van der Waals surface area contributed by atoms with Gasteiger partial charge in [0.25, 0.3) is 0 Å². The van der Waals surface area contributed by atoms with Gasteiger partial charge in [0.2, 0.25) is 15.9 Å². The number of benzene rings is 1. The quantitative estimate of drug-likeness (QED) is 0.692. The van der Waals surface area contributed by atoms with Gasteiger partial charge in [0.05, 0.1) is 10.9 Å². The highest BCUT2D eigenvalue weighted by molar-refractivity contribution is 7.89. The van der Waals surface area contributed by atoms with Gasteiger partial charge in [-0.1, -0.05) is 0 Å². The van der Waals surface area contributed by atoms with Gasteiger partial charge in [-0.2, -0.15) is 4.72 Å². The third-order valence-corrected chi connectivity index (χ3v) is 4.47. The number of carbonyl (C=O) groups is 1. The number of carbonyl (C=O) groups excluding carboxylic acids is 1. The van der Waals surface area contributed by atoms with Crippen LogP contribution in [0, 0.1) is 13.8 Å². The summed E-state index contributed by atoms with van der Waals surface area (Å²) in [7, 11) is -2.33. The molecule has 6 nitrogen and oxygen atoms in total. The zero-order valence-electron chi connectivity index (χ0n) is 11.4. The Kier molecular flexibility index (Phi) is 4.54. The maximum absolute atomic E-state index is 12.2. The number of anilines is 1. The zero-order chi connectivity index (χ0) is 14.8. The molecule has 0 radical (unpaired) electrons.